The molecule has 0 atom stereocenters. The lowest BCUT2D eigenvalue weighted by Crippen LogP contribution is -2.28. The van der Waals surface area contributed by atoms with Gasteiger partial charge in [0.25, 0.3) is 5.91 Å². The average Bonchev–Trinajstić information content (AvgIpc) is 2.47. The van der Waals surface area contributed by atoms with Gasteiger partial charge in [-0.1, -0.05) is 30.3 Å². The maximum Gasteiger partial charge on any atom is 0.258 e. The van der Waals surface area contributed by atoms with Crippen LogP contribution >= 0.6 is 0 Å². The number of halogens is 1. The van der Waals surface area contributed by atoms with Crippen molar-refractivity contribution in [3.8, 4) is 5.75 Å². The van der Waals surface area contributed by atoms with Gasteiger partial charge in [-0.05, 0) is 37.1 Å². The van der Waals surface area contributed by atoms with Crippen molar-refractivity contribution in [1.82, 2.24) is 5.32 Å². The van der Waals surface area contributed by atoms with E-state index in [9.17, 15) is 9.18 Å². The van der Waals surface area contributed by atoms with E-state index in [1.54, 1.807) is 18.2 Å². The number of nitrogens with one attached hydrogen (secondary N) is 1. The van der Waals surface area contributed by atoms with Gasteiger partial charge < -0.3 is 10.1 Å². The Morgan fingerprint density at radius 1 is 1.19 bits per heavy atom. The third-order valence-corrected chi connectivity index (χ3v) is 3.14. The molecule has 0 heterocycles. The molecule has 2 aromatic rings. The molecule has 1 N–H and O–H groups in total. The fourth-order valence-electron chi connectivity index (χ4n) is 1.89. The largest absolute Gasteiger partial charge is 0.483 e. The highest BCUT2D eigenvalue weighted by Gasteiger charge is 2.06. The van der Waals surface area contributed by atoms with Crippen LogP contribution in [-0.2, 0) is 11.3 Å². The van der Waals surface area contributed by atoms with E-state index in [1.165, 1.54) is 6.07 Å². The van der Waals surface area contributed by atoms with Crippen LogP contribution in [0, 0.1) is 19.7 Å². The van der Waals surface area contributed by atoms with E-state index in [2.05, 4.69) is 5.32 Å². The molecule has 0 fully saturated rings. The second kappa shape index (κ2) is 6.88. The van der Waals surface area contributed by atoms with Gasteiger partial charge >= 0.3 is 0 Å². The predicted octanol–water partition coefficient (Wildman–Crippen LogP) is 3.14. The van der Waals surface area contributed by atoms with E-state index in [0.29, 0.717) is 11.3 Å². The summed E-state index contributed by atoms with van der Waals surface area (Å²) in [5, 5.41) is 2.64. The first kappa shape index (κ1) is 15.0. The number of amides is 1. The number of ether oxygens (including phenoxy) is 1. The SMILES string of the molecule is Cc1ccc(C)c(OCC(=O)NCc2ccccc2F)c1. The third-order valence-electron chi connectivity index (χ3n) is 3.14. The first-order chi connectivity index (χ1) is 10.1. The van der Waals surface area contributed by atoms with Gasteiger partial charge in [0.1, 0.15) is 11.6 Å². The van der Waals surface area contributed by atoms with Crippen molar-refractivity contribution in [1.29, 1.82) is 0 Å². The summed E-state index contributed by atoms with van der Waals surface area (Å²) in [6.07, 6.45) is 0. The van der Waals surface area contributed by atoms with Crippen LogP contribution in [0.5, 0.6) is 5.75 Å². The summed E-state index contributed by atoms with van der Waals surface area (Å²) >= 11 is 0. The Bertz CT molecular complexity index is 640. The van der Waals surface area contributed by atoms with Gasteiger partial charge in [0.15, 0.2) is 6.61 Å². The summed E-state index contributed by atoms with van der Waals surface area (Å²) in [5.74, 6) is 0.0865. The number of rotatable bonds is 5. The van der Waals surface area contributed by atoms with Gasteiger partial charge in [0.05, 0.1) is 0 Å². The summed E-state index contributed by atoms with van der Waals surface area (Å²) < 4.78 is 18.9. The molecule has 0 aliphatic carbocycles. The van der Waals surface area contributed by atoms with Gasteiger partial charge in [0.2, 0.25) is 0 Å². The zero-order valence-electron chi connectivity index (χ0n) is 12.2. The second-order valence-corrected chi connectivity index (χ2v) is 4.93. The molecular weight excluding hydrogens is 269 g/mol. The fraction of sp³-hybridized carbons (Fsp3) is 0.235. The molecule has 110 valence electrons. The van der Waals surface area contributed by atoms with E-state index in [1.807, 2.05) is 32.0 Å². The Kier molecular flexibility index (Phi) is 4.93. The summed E-state index contributed by atoms with van der Waals surface area (Å²) in [5.41, 5.74) is 2.50. The van der Waals surface area contributed by atoms with Crippen LogP contribution in [0.4, 0.5) is 4.39 Å². The molecule has 0 spiro atoms. The van der Waals surface area contributed by atoms with Crippen molar-refractivity contribution in [2.24, 2.45) is 0 Å². The zero-order chi connectivity index (χ0) is 15.2. The molecule has 3 nitrogen and oxygen atoms in total. The van der Waals surface area contributed by atoms with Crippen LogP contribution < -0.4 is 10.1 Å². The lowest BCUT2D eigenvalue weighted by molar-refractivity contribution is -0.123. The molecule has 4 heteroatoms. The zero-order valence-corrected chi connectivity index (χ0v) is 12.2. The second-order valence-electron chi connectivity index (χ2n) is 4.93. The van der Waals surface area contributed by atoms with Gasteiger partial charge in [-0.3, -0.25) is 4.79 Å². The first-order valence-corrected chi connectivity index (χ1v) is 6.76. The smallest absolute Gasteiger partial charge is 0.258 e. The van der Waals surface area contributed by atoms with E-state index in [0.717, 1.165) is 11.1 Å². The standard InChI is InChI=1S/C17H18FNO2/c1-12-7-8-13(2)16(9-12)21-11-17(20)19-10-14-5-3-4-6-15(14)18/h3-9H,10-11H2,1-2H3,(H,19,20). The van der Waals surface area contributed by atoms with Crippen LogP contribution in [0.1, 0.15) is 16.7 Å². The third kappa shape index (κ3) is 4.31. The van der Waals surface area contributed by atoms with Crippen LogP contribution in [0.25, 0.3) is 0 Å². The summed E-state index contributed by atoms with van der Waals surface area (Å²) in [4.78, 5) is 11.7. The fourth-order valence-corrected chi connectivity index (χ4v) is 1.89. The number of aryl methyl sites for hydroxylation is 2. The molecule has 0 aromatic heterocycles. The number of carbonyl (C=O) groups excluding carboxylic acids is 1. The molecule has 2 rings (SSSR count). The highest BCUT2D eigenvalue weighted by Crippen LogP contribution is 2.18. The van der Waals surface area contributed by atoms with E-state index in [-0.39, 0.29) is 24.9 Å². The van der Waals surface area contributed by atoms with Crippen LogP contribution in [-0.4, -0.2) is 12.5 Å². The molecule has 21 heavy (non-hydrogen) atoms. The quantitative estimate of drug-likeness (QED) is 0.917. The van der Waals surface area contributed by atoms with E-state index in [4.69, 9.17) is 4.74 Å². The minimum Gasteiger partial charge on any atom is -0.483 e. The van der Waals surface area contributed by atoms with Crippen LogP contribution in [0.15, 0.2) is 42.5 Å². The molecule has 0 aliphatic rings. The predicted molar refractivity (Wildman–Crippen MR) is 79.7 cm³/mol. The van der Waals surface area contributed by atoms with Crippen molar-refractivity contribution in [2.45, 2.75) is 20.4 Å². The van der Waals surface area contributed by atoms with Crippen molar-refractivity contribution in [3.63, 3.8) is 0 Å². The lowest BCUT2D eigenvalue weighted by Gasteiger charge is -2.10. The number of carbonyl (C=O) groups is 1. The van der Waals surface area contributed by atoms with Crippen molar-refractivity contribution >= 4 is 5.91 Å². The monoisotopic (exact) mass is 287 g/mol. The summed E-state index contributed by atoms with van der Waals surface area (Å²) in [6.45, 7) is 3.96. The van der Waals surface area contributed by atoms with Gasteiger partial charge in [-0.25, -0.2) is 4.39 Å². The van der Waals surface area contributed by atoms with E-state index < -0.39 is 0 Å². The lowest BCUT2D eigenvalue weighted by atomic mass is 10.1. The van der Waals surface area contributed by atoms with Crippen molar-refractivity contribution in [3.05, 3.63) is 65.0 Å². The minimum absolute atomic E-state index is 0.0846. The number of benzene rings is 2. The van der Waals surface area contributed by atoms with Crippen molar-refractivity contribution in [2.75, 3.05) is 6.61 Å². The molecule has 2 aromatic carbocycles. The highest BCUT2D eigenvalue weighted by molar-refractivity contribution is 5.77. The van der Waals surface area contributed by atoms with Crippen LogP contribution in [0.3, 0.4) is 0 Å². The van der Waals surface area contributed by atoms with E-state index >= 15 is 0 Å². The molecular formula is C17H18FNO2. The Morgan fingerprint density at radius 2 is 1.95 bits per heavy atom. The first-order valence-electron chi connectivity index (χ1n) is 6.76. The maximum atomic E-state index is 13.4. The normalized spacial score (nSPS) is 10.2. The number of hydrogen-bond donors (Lipinski definition) is 1. The van der Waals surface area contributed by atoms with Gasteiger partial charge in [0, 0.05) is 12.1 Å². The molecule has 0 saturated carbocycles. The Hall–Kier alpha value is -2.36. The highest BCUT2D eigenvalue weighted by atomic mass is 19.1. The maximum absolute atomic E-state index is 13.4. The minimum atomic E-state index is -0.326. The van der Waals surface area contributed by atoms with Crippen molar-refractivity contribution < 1.29 is 13.9 Å². The van der Waals surface area contributed by atoms with Gasteiger partial charge in [-0.2, -0.15) is 0 Å². The summed E-state index contributed by atoms with van der Waals surface area (Å²) in [6, 6.07) is 12.2. The Morgan fingerprint density at radius 3 is 2.71 bits per heavy atom. The summed E-state index contributed by atoms with van der Waals surface area (Å²) in [7, 11) is 0. The topological polar surface area (TPSA) is 38.3 Å². The molecule has 1 amide bonds. The molecule has 0 radical (unpaired) electrons. The van der Waals surface area contributed by atoms with Crippen LogP contribution in [0.2, 0.25) is 0 Å². The molecule has 0 unspecified atom stereocenters. The molecule has 0 saturated heterocycles. The molecule has 0 bridgehead atoms. The van der Waals surface area contributed by atoms with Gasteiger partial charge in [-0.15, -0.1) is 0 Å². The Balaban J connectivity index is 1.85. The number of hydrogen-bond acceptors (Lipinski definition) is 2. The Labute approximate surface area is 123 Å². The average molecular weight is 287 g/mol. The molecule has 0 aliphatic heterocycles.